The summed E-state index contributed by atoms with van der Waals surface area (Å²) in [6.07, 6.45) is 1.04. The number of halogens is 1. The average Bonchev–Trinajstić information content (AvgIpc) is 2.28. The van der Waals surface area contributed by atoms with E-state index in [1.165, 1.54) is 11.3 Å². The van der Waals surface area contributed by atoms with E-state index in [0.29, 0.717) is 11.0 Å². The highest BCUT2D eigenvalue weighted by molar-refractivity contribution is 7.19. The van der Waals surface area contributed by atoms with Crippen molar-refractivity contribution in [1.29, 1.82) is 0 Å². The number of aromatic nitrogens is 1. The first-order chi connectivity index (χ1) is 5.15. The third-order valence-corrected chi connectivity index (χ3v) is 2.82. The summed E-state index contributed by atoms with van der Waals surface area (Å²) in [5, 5.41) is 0.560. The molecule has 11 heavy (non-hydrogen) atoms. The zero-order valence-corrected chi connectivity index (χ0v) is 8.17. The smallest absolute Gasteiger partial charge is 0.181 e. The molecular formula is C7H11ClN2S. The van der Waals surface area contributed by atoms with Gasteiger partial charge in [0.1, 0.15) is 4.34 Å². The summed E-state index contributed by atoms with van der Waals surface area (Å²) >= 11 is 7.24. The van der Waals surface area contributed by atoms with Gasteiger partial charge in [-0.25, -0.2) is 4.98 Å². The summed E-state index contributed by atoms with van der Waals surface area (Å²) in [4.78, 5) is 4.15. The van der Waals surface area contributed by atoms with Crippen LogP contribution in [-0.4, -0.2) is 4.98 Å². The molecular weight excluding hydrogens is 180 g/mol. The summed E-state index contributed by atoms with van der Waals surface area (Å²) in [7, 11) is 0. The van der Waals surface area contributed by atoms with Crippen LogP contribution in [0.2, 0.25) is 4.34 Å². The summed E-state index contributed by atoms with van der Waals surface area (Å²) in [6.45, 7) is 4.21. The number of nitrogens with two attached hydrogens (primary N) is 1. The van der Waals surface area contributed by atoms with Crippen molar-refractivity contribution < 1.29 is 0 Å². The second-order valence-corrected chi connectivity index (χ2v) is 4.15. The monoisotopic (exact) mass is 190 g/mol. The highest BCUT2D eigenvalue weighted by Crippen LogP contribution is 2.32. The zero-order valence-electron chi connectivity index (χ0n) is 6.60. The van der Waals surface area contributed by atoms with Gasteiger partial charge in [0.25, 0.3) is 0 Å². The van der Waals surface area contributed by atoms with Gasteiger partial charge in [0.15, 0.2) is 5.13 Å². The lowest BCUT2D eigenvalue weighted by molar-refractivity contribution is 0.715. The highest BCUT2D eigenvalue weighted by Gasteiger charge is 2.12. The molecule has 62 valence electrons. The molecule has 1 unspecified atom stereocenters. The normalized spacial score (nSPS) is 13.4. The van der Waals surface area contributed by atoms with Gasteiger partial charge in [-0.3, -0.25) is 0 Å². The SMILES string of the molecule is CCC(C)c1nc(N)sc1Cl. The van der Waals surface area contributed by atoms with Crippen LogP contribution < -0.4 is 5.73 Å². The quantitative estimate of drug-likeness (QED) is 0.779. The molecule has 0 aromatic carbocycles. The second-order valence-electron chi connectivity index (χ2n) is 2.52. The zero-order chi connectivity index (χ0) is 8.43. The fraction of sp³-hybridized carbons (Fsp3) is 0.571. The molecule has 2 N–H and O–H groups in total. The molecule has 0 fully saturated rings. The Labute approximate surface area is 75.4 Å². The maximum Gasteiger partial charge on any atom is 0.181 e. The minimum Gasteiger partial charge on any atom is -0.375 e. The van der Waals surface area contributed by atoms with E-state index in [1.807, 2.05) is 0 Å². The molecule has 0 bridgehead atoms. The van der Waals surface area contributed by atoms with Crippen LogP contribution in [0, 0.1) is 0 Å². The van der Waals surface area contributed by atoms with Crippen molar-refractivity contribution in [3.63, 3.8) is 0 Å². The predicted molar refractivity (Wildman–Crippen MR) is 50.2 cm³/mol. The van der Waals surface area contributed by atoms with Crippen molar-refractivity contribution in [2.24, 2.45) is 0 Å². The Morgan fingerprint density at radius 1 is 1.73 bits per heavy atom. The van der Waals surface area contributed by atoms with E-state index in [-0.39, 0.29) is 0 Å². The second kappa shape index (κ2) is 3.41. The summed E-state index contributed by atoms with van der Waals surface area (Å²) in [6, 6.07) is 0. The lowest BCUT2D eigenvalue weighted by atomic mass is 10.1. The molecule has 0 spiro atoms. The minimum atomic E-state index is 0.413. The van der Waals surface area contributed by atoms with E-state index in [2.05, 4.69) is 18.8 Å². The fourth-order valence-electron chi connectivity index (χ4n) is 0.827. The van der Waals surface area contributed by atoms with Crippen LogP contribution in [0.3, 0.4) is 0 Å². The molecule has 1 heterocycles. The lowest BCUT2D eigenvalue weighted by Crippen LogP contribution is -1.93. The molecule has 1 rings (SSSR count). The molecule has 2 nitrogen and oxygen atoms in total. The van der Waals surface area contributed by atoms with Crippen molar-refractivity contribution in [1.82, 2.24) is 4.98 Å². The molecule has 0 aliphatic rings. The van der Waals surface area contributed by atoms with Gasteiger partial charge in [-0.1, -0.05) is 36.8 Å². The van der Waals surface area contributed by atoms with Crippen molar-refractivity contribution in [2.45, 2.75) is 26.2 Å². The van der Waals surface area contributed by atoms with Gasteiger partial charge in [0, 0.05) is 5.92 Å². The Balaban J connectivity index is 2.93. The van der Waals surface area contributed by atoms with E-state index in [0.717, 1.165) is 16.5 Å². The van der Waals surface area contributed by atoms with Crippen LogP contribution in [-0.2, 0) is 0 Å². The Bertz CT molecular complexity index is 247. The Hall–Kier alpha value is -0.280. The van der Waals surface area contributed by atoms with E-state index >= 15 is 0 Å². The number of rotatable bonds is 2. The van der Waals surface area contributed by atoms with E-state index in [1.54, 1.807) is 0 Å². The Morgan fingerprint density at radius 2 is 2.36 bits per heavy atom. The molecule has 0 saturated heterocycles. The van der Waals surface area contributed by atoms with Gasteiger partial charge in [-0.05, 0) is 6.42 Å². The van der Waals surface area contributed by atoms with Crippen molar-refractivity contribution in [2.75, 3.05) is 5.73 Å². The standard InChI is InChI=1S/C7H11ClN2S/c1-3-4(2)5-6(8)11-7(9)10-5/h4H,3H2,1-2H3,(H2,9,10). The molecule has 0 amide bonds. The van der Waals surface area contributed by atoms with Gasteiger partial charge >= 0.3 is 0 Å². The highest BCUT2D eigenvalue weighted by atomic mass is 35.5. The molecule has 1 atom stereocenters. The van der Waals surface area contributed by atoms with Crippen molar-refractivity contribution in [3.05, 3.63) is 10.0 Å². The number of nitrogens with zero attached hydrogens (tertiary/aromatic N) is 1. The van der Waals surface area contributed by atoms with Crippen LogP contribution in [0.25, 0.3) is 0 Å². The number of nitrogen functional groups attached to an aromatic ring is 1. The molecule has 1 aromatic rings. The van der Waals surface area contributed by atoms with E-state index in [9.17, 15) is 0 Å². The van der Waals surface area contributed by atoms with Crippen LogP contribution >= 0.6 is 22.9 Å². The number of hydrogen-bond donors (Lipinski definition) is 1. The van der Waals surface area contributed by atoms with Crippen LogP contribution in [0.15, 0.2) is 0 Å². The molecule has 4 heteroatoms. The van der Waals surface area contributed by atoms with Gasteiger partial charge in [0.05, 0.1) is 5.69 Å². The lowest BCUT2D eigenvalue weighted by Gasteiger charge is -2.03. The van der Waals surface area contributed by atoms with Crippen LogP contribution in [0.5, 0.6) is 0 Å². The van der Waals surface area contributed by atoms with Gasteiger partial charge in [-0.2, -0.15) is 0 Å². The van der Waals surface area contributed by atoms with Crippen LogP contribution in [0.4, 0.5) is 5.13 Å². The molecule has 0 aliphatic carbocycles. The Kier molecular flexibility index (Phi) is 2.73. The number of thiazole rings is 1. The maximum absolute atomic E-state index is 5.89. The van der Waals surface area contributed by atoms with E-state index in [4.69, 9.17) is 17.3 Å². The summed E-state index contributed by atoms with van der Waals surface area (Å²) in [5.41, 5.74) is 6.44. The molecule has 0 aliphatic heterocycles. The van der Waals surface area contributed by atoms with Gasteiger partial charge in [0.2, 0.25) is 0 Å². The fourth-order valence-corrected chi connectivity index (χ4v) is 1.97. The first-order valence-corrected chi connectivity index (χ1v) is 4.76. The molecule has 0 radical (unpaired) electrons. The number of anilines is 1. The first kappa shape index (κ1) is 8.81. The minimum absolute atomic E-state index is 0.413. The maximum atomic E-state index is 5.89. The molecule has 1 aromatic heterocycles. The third kappa shape index (κ3) is 1.84. The third-order valence-electron chi connectivity index (χ3n) is 1.71. The van der Waals surface area contributed by atoms with Crippen molar-refractivity contribution >= 4 is 28.1 Å². The number of hydrogen-bond acceptors (Lipinski definition) is 3. The Morgan fingerprint density at radius 3 is 2.73 bits per heavy atom. The van der Waals surface area contributed by atoms with Gasteiger partial charge in [-0.15, -0.1) is 0 Å². The largest absolute Gasteiger partial charge is 0.375 e. The predicted octanol–water partition coefficient (Wildman–Crippen LogP) is 2.89. The topological polar surface area (TPSA) is 38.9 Å². The van der Waals surface area contributed by atoms with Crippen LogP contribution in [0.1, 0.15) is 31.9 Å². The summed E-state index contributed by atoms with van der Waals surface area (Å²) < 4.78 is 0.733. The van der Waals surface area contributed by atoms with Gasteiger partial charge < -0.3 is 5.73 Å². The average molecular weight is 191 g/mol. The van der Waals surface area contributed by atoms with E-state index < -0.39 is 0 Å². The summed E-state index contributed by atoms with van der Waals surface area (Å²) in [5.74, 6) is 0.413. The molecule has 0 saturated carbocycles. The van der Waals surface area contributed by atoms with Crippen molar-refractivity contribution in [3.8, 4) is 0 Å². The first-order valence-electron chi connectivity index (χ1n) is 3.56.